The van der Waals surface area contributed by atoms with Crippen molar-refractivity contribution in [3.8, 4) is 10.6 Å². The molecule has 3 aromatic rings. The van der Waals surface area contributed by atoms with Crippen LogP contribution < -0.4 is 10.6 Å². The maximum absolute atomic E-state index is 14.0. The Bertz CT molecular complexity index is 1330. The van der Waals surface area contributed by atoms with Crippen LogP contribution in [0.4, 0.5) is 22.0 Å². The zero-order chi connectivity index (χ0) is 24.4. The zero-order valence-electron chi connectivity index (χ0n) is 17.0. The van der Waals surface area contributed by atoms with Gasteiger partial charge in [-0.05, 0) is 18.2 Å². The number of allylic oxidation sites excluding steroid dienone is 2. The van der Waals surface area contributed by atoms with Gasteiger partial charge in [-0.25, -0.2) is 22.0 Å². The SMILES string of the molecule is O=C(NCc1nnc(-c2c(F)cccc2F)s1)C1=CC(C(=O)c2c(F)cc(F)cc2F)=CCN1. The van der Waals surface area contributed by atoms with E-state index in [-0.39, 0.29) is 39.9 Å². The van der Waals surface area contributed by atoms with E-state index in [0.29, 0.717) is 12.1 Å². The lowest BCUT2D eigenvalue weighted by molar-refractivity contribution is -0.118. The lowest BCUT2D eigenvalue weighted by Crippen LogP contribution is -2.33. The average molecular weight is 492 g/mol. The van der Waals surface area contributed by atoms with E-state index in [1.807, 2.05) is 0 Å². The van der Waals surface area contributed by atoms with Gasteiger partial charge in [-0.3, -0.25) is 9.59 Å². The molecule has 0 spiro atoms. The van der Waals surface area contributed by atoms with Crippen molar-refractivity contribution >= 4 is 23.0 Å². The van der Waals surface area contributed by atoms with Crippen molar-refractivity contribution in [1.29, 1.82) is 0 Å². The molecule has 2 heterocycles. The van der Waals surface area contributed by atoms with E-state index >= 15 is 0 Å². The second kappa shape index (κ2) is 9.51. The van der Waals surface area contributed by atoms with Gasteiger partial charge in [0.25, 0.3) is 5.91 Å². The predicted octanol–water partition coefficient (Wildman–Crippen LogP) is 3.81. The second-order valence-electron chi connectivity index (χ2n) is 6.95. The number of rotatable bonds is 6. The Morgan fingerprint density at radius 3 is 2.35 bits per heavy atom. The molecule has 0 saturated heterocycles. The fourth-order valence-corrected chi connectivity index (χ4v) is 3.95. The number of hydrogen-bond acceptors (Lipinski definition) is 6. The molecule has 12 heteroatoms. The second-order valence-corrected chi connectivity index (χ2v) is 8.01. The van der Waals surface area contributed by atoms with Gasteiger partial charge < -0.3 is 10.6 Å². The van der Waals surface area contributed by atoms with E-state index in [9.17, 15) is 31.5 Å². The summed E-state index contributed by atoms with van der Waals surface area (Å²) in [4.78, 5) is 25.0. The fourth-order valence-electron chi connectivity index (χ4n) is 3.12. The number of aromatic nitrogens is 2. The van der Waals surface area contributed by atoms with Gasteiger partial charge in [0.15, 0.2) is 10.8 Å². The number of nitrogens with one attached hydrogen (secondary N) is 2. The Morgan fingerprint density at radius 1 is 1.00 bits per heavy atom. The number of nitrogens with zero attached hydrogens (tertiary/aromatic N) is 2. The zero-order valence-corrected chi connectivity index (χ0v) is 17.8. The van der Waals surface area contributed by atoms with E-state index in [0.717, 1.165) is 29.5 Å². The Balaban J connectivity index is 1.46. The maximum atomic E-state index is 14.0. The molecule has 2 aromatic carbocycles. The summed E-state index contributed by atoms with van der Waals surface area (Å²) in [5.74, 6) is -7.23. The number of carbonyl (C=O) groups is 2. The molecule has 1 aliphatic heterocycles. The topological polar surface area (TPSA) is 84.0 Å². The van der Waals surface area contributed by atoms with Crippen molar-refractivity contribution in [2.24, 2.45) is 0 Å². The monoisotopic (exact) mass is 492 g/mol. The van der Waals surface area contributed by atoms with Crippen LogP contribution in [0.3, 0.4) is 0 Å². The molecule has 1 amide bonds. The molecule has 4 rings (SSSR count). The van der Waals surface area contributed by atoms with E-state index in [4.69, 9.17) is 0 Å². The van der Waals surface area contributed by atoms with Gasteiger partial charge in [-0.1, -0.05) is 23.5 Å². The summed E-state index contributed by atoms with van der Waals surface area (Å²) in [5, 5.41) is 13.0. The van der Waals surface area contributed by atoms with Crippen molar-refractivity contribution < 1.29 is 31.5 Å². The third-order valence-corrected chi connectivity index (χ3v) is 5.64. The van der Waals surface area contributed by atoms with Crippen molar-refractivity contribution in [2.75, 3.05) is 6.54 Å². The third kappa shape index (κ3) is 4.71. The van der Waals surface area contributed by atoms with Crippen LogP contribution in [0.1, 0.15) is 15.4 Å². The van der Waals surface area contributed by atoms with E-state index in [2.05, 4.69) is 20.8 Å². The maximum Gasteiger partial charge on any atom is 0.267 e. The van der Waals surface area contributed by atoms with Crippen molar-refractivity contribution in [3.63, 3.8) is 0 Å². The lowest BCUT2D eigenvalue weighted by atomic mass is 9.99. The molecule has 0 fully saturated rings. The summed E-state index contributed by atoms with van der Waals surface area (Å²) >= 11 is 0.874. The van der Waals surface area contributed by atoms with Gasteiger partial charge in [0, 0.05) is 24.3 Å². The van der Waals surface area contributed by atoms with Gasteiger partial charge in [-0.15, -0.1) is 10.2 Å². The minimum absolute atomic E-state index is 0.00553. The molecule has 0 bridgehead atoms. The molecule has 0 atom stereocenters. The van der Waals surface area contributed by atoms with Gasteiger partial charge in [0.1, 0.15) is 39.8 Å². The standard InChI is InChI=1S/C22H13F5N4O2S/c23-11-7-14(26)18(15(27)8-11)20(32)10-4-5-28-16(6-10)21(33)29-9-17-30-31-22(34-17)19-12(24)2-1-3-13(19)25/h1-4,6-8,28H,5,9H2,(H,29,33). The van der Waals surface area contributed by atoms with Gasteiger partial charge in [0.05, 0.1) is 17.7 Å². The van der Waals surface area contributed by atoms with Crippen LogP contribution in [0.25, 0.3) is 10.6 Å². The summed E-state index contributed by atoms with van der Waals surface area (Å²) < 4.78 is 68.8. The highest BCUT2D eigenvalue weighted by molar-refractivity contribution is 7.14. The molecule has 2 N–H and O–H groups in total. The Morgan fingerprint density at radius 2 is 1.68 bits per heavy atom. The number of dihydropyridines is 1. The normalized spacial score (nSPS) is 13.1. The van der Waals surface area contributed by atoms with Crippen LogP contribution in [-0.2, 0) is 11.3 Å². The van der Waals surface area contributed by atoms with Crippen LogP contribution in [0, 0.1) is 29.1 Å². The molecule has 174 valence electrons. The number of ketones is 1. The molecule has 0 saturated carbocycles. The molecule has 1 aliphatic rings. The van der Waals surface area contributed by atoms with Crippen LogP contribution in [0.2, 0.25) is 0 Å². The highest BCUT2D eigenvalue weighted by atomic mass is 32.1. The Hall–Kier alpha value is -3.93. The highest BCUT2D eigenvalue weighted by Crippen LogP contribution is 2.28. The third-order valence-electron chi connectivity index (χ3n) is 4.70. The number of benzene rings is 2. The Labute approximate surface area is 192 Å². The quantitative estimate of drug-likeness (QED) is 0.404. The summed E-state index contributed by atoms with van der Waals surface area (Å²) in [6.45, 7) is -0.125. The summed E-state index contributed by atoms with van der Waals surface area (Å²) in [5.41, 5.74) is -1.50. The summed E-state index contributed by atoms with van der Waals surface area (Å²) in [6.07, 6.45) is 2.42. The summed E-state index contributed by atoms with van der Waals surface area (Å²) in [6, 6.07) is 4.15. The molecule has 0 aliphatic carbocycles. The van der Waals surface area contributed by atoms with Gasteiger partial charge in [0.2, 0.25) is 0 Å². The van der Waals surface area contributed by atoms with Crippen LogP contribution in [0.5, 0.6) is 0 Å². The number of amides is 1. The molecule has 0 radical (unpaired) electrons. The number of hydrogen-bond donors (Lipinski definition) is 2. The summed E-state index contributed by atoms with van der Waals surface area (Å²) in [7, 11) is 0. The van der Waals surface area contributed by atoms with E-state index in [1.165, 1.54) is 12.1 Å². The molecular weight excluding hydrogens is 479 g/mol. The first-order valence-corrected chi connectivity index (χ1v) is 10.5. The average Bonchev–Trinajstić information content (AvgIpc) is 3.25. The number of halogens is 5. The van der Waals surface area contributed by atoms with Gasteiger partial charge in [-0.2, -0.15) is 0 Å². The molecule has 0 unspecified atom stereocenters. The lowest BCUT2D eigenvalue weighted by Gasteiger charge is -2.15. The smallest absolute Gasteiger partial charge is 0.267 e. The first-order valence-electron chi connectivity index (χ1n) is 9.64. The first kappa shape index (κ1) is 23.2. The fraction of sp³-hybridized carbons (Fsp3) is 0.0909. The largest absolute Gasteiger partial charge is 0.377 e. The van der Waals surface area contributed by atoms with Crippen molar-refractivity contribution in [1.82, 2.24) is 20.8 Å². The van der Waals surface area contributed by atoms with Gasteiger partial charge >= 0.3 is 0 Å². The molecule has 34 heavy (non-hydrogen) atoms. The van der Waals surface area contributed by atoms with Crippen LogP contribution in [0.15, 0.2) is 53.8 Å². The highest BCUT2D eigenvalue weighted by Gasteiger charge is 2.24. The minimum Gasteiger partial charge on any atom is -0.377 e. The number of Topliss-reactive ketones (excluding diaryl/α,β-unsaturated/α-hetero) is 1. The van der Waals surface area contributed by atoms with Crippen LogP contribution in [-0.4, -0.2) is 28.4 Å². The minimum atomic E-state index is -1.36. The Kier molecular flexibility index (Phi) is 6.50. The van der Waals surface area contributed by atoms with Crippen LogP contribution >= 0.6 is 11.3 Å². The molecule has 6 nitrogen and oxygen atoms in total. The van der Waals surface area contributed by atoms with Crippen molar-refractivity contribution in [2.45, 2.75) is 6.54 Å². The number of carbonyl (C=O) groups excluding carboxylic acids is 2. The molecule has 1 aromatic heterocycles. The van der Waals surface area contributed by atoms with Crippen molar-refractivity contribution in [3.05, 3.63) is 93.4 Å². The predicted molar refractivity (Wildman–Crippen MR) is 112 cm³/mol. The molecular formula is C22H13F5N4O2S. The van der Waals surface area contributed by atoms with E-state index < -0.39 is 46.3 Å². The first-order chi connectivity index (χ1) is 16.2. The van der Waals surface area contributed by atoms with E-state index in [1.54, 1.807) is 0 Å².